The van der Waals surface area contributed by atoms with Gasteiger partial charge in [0.1, 0.15) is 0 Å². The van der Waals surface area contributed by atoms with Crippen LogP contribution in [0.5, 0.6) is 0 Å². The fourth-order valence-corrected chi connectivity index (χ4v) is 4.73. The first-order valence-electron chi connectivity index (χ1n) is 11.5. The van der Waals surface area contributed by atoms with Crippen molar-refractivity contribution in [3.05, 3.63) is 36.2 Å². The molecule has 1 aliphatic carbocycles. The van der Waals surface area contributed by atoms with Crippen molar-refractivity contribution in [1.82, 2.24) is 15.5 Å². The Kier molecular flexibility index (Phi) is 11.2. The summed E-state index contributed by atoms with van der Waals surface area (Å²) in [6, 6.07) is 9.50. The molecule has 33 heavy (non-hydrogen) atoms. The van der Waals surface area contributed by atoms with Gasteiger partial charge in [-0.05, 0) is 37.3 Å². The number of anilines is 1. The van der Waals surface area contributed by atoms with Crippen LogP contribution >= 0.6 is 24.2 Å². The van der Waals surface area contributed by atoms with E-state index in [1.807, 2.05) is 39.1 Å². The van der Waals surface area contributed by atoms with Crippen LogP contribution in [0, 0.1) is 11.8 Å². The molecule has 1 aliphatic rings. The van der Waals surface area contributed by atoms with Crippen LogP contribution in [0.1, 0.15) is 63.1 Å². The predicted octanol–water partition coefficient (Wildman–Crippen LogP) is 5.01. The number of para-hydroxylation sites is 1. The van der Waals surface area contributed by atoms with Gasteiger partial charge in [0.15, 0.2) is 0 Å². The first-order chi connectivity index (χ1) is 15.4. The molecule has 0 bridgehead atoms. The van der Waals surface area contributed by atoms with Crippen molar-refractivity contribution in [3.8, 4) is 0 Å². The van der Waals surface area contributed by atoms with Crippen molar-refractivity contribution >= 4 is 41.5 Å². The van der Waals surface area contributed by atoms with Gasteiger partial charge in [0.05, 0.1) is 6.04 Å². The molecule has 0 spiro atoms. The van der Waals surface area contributed by atoms with Crippen molar-refractivity contribution in [1.29, 1.82) is 0 Å². The SMILES string of the molecule is CC(C)CC(NC(=O)C1CCCCC1)C(=O)c1nnc(SCCN(C)c2ccccc2)o1.Cl. The molecule has 0 aliphatic heterocycles. The zero-order chi connectivity index (χ0) is 22.9. The van der Waals surface area contributed by atoms with Crippen molar-refractivity contribution in [2.75, 3.05) is 24.2 Å². The number of amides is 1. The van der Waals surface area contributed by atoms with Crippen molar-refractivity contribution < 1.29 is 14.0 Å². The standard InChI is InChI=1S/C24H34N4O3S.ClH/c1-17(2)16-20(25-22(30)18-10-6-4-7-11-18)21(29)23-26-27-24(31-23)32-15-14-28(3)19-12-8-5-9-13-19;/h5,8-9,12-13,17-18,20H,4,6-7,10-11,14-16H2,1-3H3,(H,25,30);1H. The lowest BCUT2D eigenvalue weighted by Crippen LogP contribution is -2.45. The molecule has 0 saturated heterocycles. The first-order valence-corrected chi connectivity index (χ1v) is 12.5. The second-order valence-electron chi connectivity index (χ2n) is 8.87. The lowest BCUT2D eigenvalue weighted by atomic mass is 9.88. The maximum absolute atomic E-state index is 13.1. The molecule has 0 radical (unpaired) electrons. The predicted molar refractivity (Wildman–Crippen MR) is 134 cm³/mol. The molecule has 1 unspecified atom stereocenters. The molecule has 9 heteroatoms. The van der Waals surface area contributed by atoms with E-state index in [9.17, 15) is 9.59 Å². The van der Waals surface area contributed by atoms with E-state index in [-0.39, 0.29) is 41.8 Å². The molecule has 182 valence electrons. The van der Waals surface area contributed by atoms with Crippen LogP contribution in [0.25, 0.3) is 0 Å². The molecule has 1 fully saturated rings. The number of nitrogens with one attached hydrogen (secondary N) is 1. The topological polar surface area (TPSA) is 88.3 Å². The highest BCUT2D eigenvalue weighted by molar-refractivity contribution is 7.99. The quantitative estimate of drug-likeness (QED) is 0.346. The van der Waals surface area contributed by atoms with Gasteiger partial charge < -0.3 is 14.6 Å². The van der Waals surface area contributed by atoms with Gasteiger partial charge in [-0.2, -0.15) is 0 Å². The molecule has 1 atom stereocenters. The minimum absolute atomic E-state index is 0. The molecule has 1 aromatic heterocycles. The van der Waals surface area contributed by atoms with Crippen LogP contribution in [-0.2, 0) is 4.79 Å². The summed E-state index contributed by atoms with van der Waals surface area (Å²) in [6.07, 6.45) is 5.67. The van der Waals surface area contributed by atoms with E-state index < -0.39 is 6.04 Å². The largest absolute Gasteiger partial charge is 0.408 e. The number of halogens is 1. The van der Waals surface area contributed by atoms with E-state index in [1.54, 1.807) is 0 Å². The number of ketones is 1. The van der Waals surface area contributed by atoms with Crippen LogP contribution in [0.3, 0.4) is 0 Å². The monoisotopic (exact) mass is 494 g/mol. The molecule has 1 aromatic carbocycles. The molecule has 1 saturated carbocycles. The zero-order valence-electron chi connectivity index (χ0n) is 19.7. The Hall–Kier alpha value is -2.06. The number of Topliss-reactive ketones (excluding diaryl/α,β-unsaturated/α-hetero) is 1. The summed E-state index contributed by atoms with van der Waals surface area (Å²) in [6.45, 7) is 4.87. The molecule has 1 N–H and O–H groups in total. The minimum atomic E-state index is -0.632. The Morgan fingerprint density at radius 2 is 1.85 bits per heavy atom. The van der Waals surface area contributed by atoms with Crippen LogP contribution in [0.4, 0.5) is 5.69 Å². The zero-order valence-corrected chi connectivity index (χ0v) is 21.3. The molecule has 7 nitrogen and oxygen atoms in total. The lowest BCUT2D eigenvalue weighted by molar-refractivity contribution is -0.126. The molecular weight excluding hydrogens is 460 g/mol. The highest BCUT2D eigenvalue weighted by Gasteiger charge is 2.30. The van der Waals surface area contributed by atoms with Gasteiger partial charge in [-0.25, -0.2) is 0 Å². The molecule has 3 rings (SSSR count). The number of benzene rings is 1. The summed E-state index contributed by atoms with van der Waals surface area (Å²) in [5.41, 5.74) is 1.14. The van der Waals surface area contributed by atoms with Crippen molar-refractivity contribution in [2.24, 2.45) is 11.8 Å². The molecule has 1 amide bonds. The van der Waals surface area contributed by atoms with E-state index in [1.165, 1.54) is 18.2 Å². The van der Waals surface area contributed by atoms with Crippen molar-refractivity contribution in [3.63, 3.8) is 0 Å². The second-order valence-corrected chi connectivity index (χ2v) is 9.91. The van der Waals surface area contributed by atoms with Crippen LogP contribution in [0.15, 0.2) is 40.0 Å². The maximum atomic E-state index is 13.1. The van der Waals surface area contributed by atoms with Gasteiger partial charge in [-0.1, -0.05) is 63.1 Å². The number of aromatic nitrogens is 2. The van der Waals surface area contributed by atoms with E-state index in [4.69, 9.17) is 4.42 Å². The van der Waals surface area contributed by atoms with Gasteiger partial charge >= 0.3 is 0 Å². The summed E-state index contributed by atoms with van der Waals surface area (Å²) < 4.78 is 5.64. The summed E-state index contributed by atoms with van der Waals surface area (Å²) in [5.74, 6) is 0.640. The van der Waals surface area contributed by atoms with Crippen LogP contribution < -0.4 is 10.2 Å². The molecule has 2 aromatic rings. The number of nitrogens with zero attached hydrogens (tertiary/aromatic N) is 3. The van der Waals surface area contributed by atoms with Crippen LogP contribution in [-0.4, -0.2) is 47.3 Å². The third-order valence-corrected chi connectivity index (χ3v) is 6.58. The Labute approximate surface area is 206 Å². The molecule has 1 heterocycles. The lowest BCUT2D eigenvalue weighted by Gasteiger charge is -2.24. The smallest absolute Gasteiger partial charge is 0.286 e. The normalized spacial score (nSPS) is 15.0. The van der Waals surface area contributed by atoms with Gasteiger partial charge in [0.25, 0.3) is 11.1 Å². The third-order valence-electron chi connectivity index (χ3n) is 5.78. The number of hydrogen-bond donors (Lipinski definition) is 1. The third kappa shape index (κ3) is 8.34. The highest BCUT2D eigenvalue weighted by Crippen LogP contribution is 2.25. The Balaban J connectivity index is 0.00000385. The fourth-order valence-electron chi connectivity index (χ4n) is 3.96. The van der Waals surface area contributed by atoms with E-state index in [0.29, 0.717) is 11.6 Å². The van der Waals surface area contributed by atoms with Crippen LogP contribution in [0.2, 0.25) is 0 Å². The summed E-state index contributed by atoms with van der Waals surface area (Å²) >= 11 is 1.42. The Morgan fingerprint density at radius 1 is 1.15 bits per heavy atom. The average molecular weight is 495 g/mol. The van der Waals surface area contributed by atoms with Gasteiger partial charge in [-0.3, -0.25) is 9.59 Å². The number of rotatable bonds is 11. The second kappa shape index (κ2) is 13.6. The van der Waals surface area contributed by atoms with Gasteiger partial charge in [-0.15, -0.1) is 22.6 Å². The number of hydrogen-bond acceptors (Lipinski definition) is 7. The molecular formula is C24H35ClN4O3S. The van der Waals surface area contributed by atoms with Gasteiger partial charge in [0, 0.05) is 31.0 Å². The Morgan fingerprint density at radius 3 is 2.52 bits per heavy atom. The fraction of sp³-hybridized carbons (Fsp3) is 0.583. The summed E-state index contributed by atoms with van der Waals surface area (Å²) in [7, 11) is 2.03. The first kappa shape index (κ1) is 27.2. The van der Waals surface area contributed by atoms with Gasteiger partial charge in [0.2, 0.25) is 11.7 Å². The van der Waals surface area contributed by atoms with E-state index in [0.717, 1.165) is 43.7 Å². The summed E-state index contributed by atoms with van der Waals surface area (Å²) in [4.78, 5) is 27.9. The average Bonchev–Trinajstić information content (AvgIpc) is 3.27. The minimum Gasteiger partial charge on any atom is -0.408 e. The van der Waals surface area contributed by atoms with Crippen molar-refractivity contribution in [2.45, 2.75) is 63.6 Å². The number of carbonyl (C=O) groups is 2. The number of thioether (sulfide) groups is 1. The maximum Gasteiger partial charge on any atom is 0.286 e. The number of carbonyl (C=O) groups excluding carboxylic acids is 2. The van der Waals surface area contributed by atoms with E-state index in [2.05, 4.69) is 32.5 Å². The summed E-state index contributed by atoms with van der Waals surface area (Å²) in [5, 5.41) is 11.3. The van der Waals surface area contributed by atoms with E-state index >= 15 is 0 Å². The Bertz CT molecular complexity index is 872. The highest BCUT2D eigenvalue weighted by atomic mass is 35.5.